The molecule has 7 nitrogen and oxygen atoms in total. The molecule has 0 aliphatic rings. The maximum absolute atomic E-state index is 12.3. The molecule has 0 spiro atoms. The lowest BCUT2D eigenvalue weighted by molar-refractivity contribution is -0.123. The van der Waals surface area contributed by atoms with Crippen LogP contribution < -0.4 is 15.7 Å². The average molecular weight is 459 g/mol. The van der Waals surface area contributed by atoms with E-state index in [9.17, 15) is 14.4 Å². The molecule has 0 radical (unpaired) electrons. The van der Waals surface area contributed by atoms with Gasteiger partial charge >= 0.3 is 11.6 Å². The summed E-state index contributed by atoms with van der Waals surface area (Å²) in [5.74, 6) is -0.224. The van der Waals surface area contributed by atoms with Gasteiger partial charge in [0.05, 0.1) is 17.6 Å². The van der Waals surface area contributed by atoms with Gasteiger partial charge in [-0.2, -0.15) is 0 Å². The highest BCUT2D eigenvalue weighted by molar-refractivity contribution is 6.05. The number of esters is 1. The number of hydrogen-bond acceptors (Lipinski definition) is 6. The van der Waals surface area contributed by atoms with E-state index in [-0.39, 0.29) is 25.1 Å². The number of nitrogens with one attached hydrogen (secondary N) is 1. The lowest BCUT2D eigenvalue weighted by Crippen LogP contribution is -2.30. The number of hydrogen-bond donors (Lipinski definition) is 1. The summed E-state index contributed by atoms with van der Waals surface area (Å²) in [5.41, 5.74) is 2.24. The van der Waals surface area contributed by atoms with Gasteiger partial charge in [-0.3, -0.25) is 4.79 Å². The molecule has 0 saturated carbocycles. The van der Waals surface area contributed by atoms with Crippen LogP contribution >= 0.6 is 0 Å². The molecule has 0 atom stereocenters. The fourth-order valence-corrected chi connectivity index (χ4v) is 3.65. The number of carbonyl (C=O) groups excluding carboxylic acids is 2. The number of benzene rings is 3. The molecule has 1 aromatic heterocycles. The van der Waals surface area contributed by atoms with Gasteiger partial charge in [-0.05, 0) is 56.0 Å². The van der Waals surface area contributed by atoms with Crippen molar-refractivity contribution >= 4 is 33.6 Å². The van der Waals surface area contributed by atoms with Crippen LogP contribution in [0.2, 0.25) is 0 Å². The fraction of sp³-hybridized carbons (Fsp3) is 0.222. The van der Waals surface area contributed by atoms with E-state index in [2.05, 4.69) is 5.32 Å². The number of aryl methyl sites for hydroxylation is 2. The van der Waals surface area contributed by atoms with Crippen LogP contribution in [0.25, 0.3) is 21.7 Å². The standard InChI is InChI=1S/C27H25NO6/c1-17-8-10-19(11-9-17)26(30)32-15-5-14-28-24(29)16-33-23-13-12-21-20-6-3-4-7-22(20)27(31)34-25(21)18(23)2/h3-4,6-13H,5,14-16H2,1-2H3,(H,28,29). The third kappa shape index (κ3) is 5.09. The molecule has 1 N–H and O–H groups in total. The first-order chi connectivity index (χ1) is 16.4. The Bertz CT molecular complexity index is 1400. The van der Waals surface area contributed by atoms with Crippen molar-refractivity contribution in [3.8, 4) is 5.75 Å². The highest BCUT2D eigenvalue weighted by Gasteiger charge is 2.13. The zero-order valence-corrected chi connectivity index (χ0v) is 19.1. The van der Waals surface area contributed by atoms with E-state index in [4.69, 9.17) is 13.9 Å². The van der Waals surface area contributed by atoms with Crippen LogP contribution in [0.4, 0.5) is 0 Å². The van der Waals surface area contributed by atoms with Gasteiger partial charge < -0.3 is 19.2 Å². The van der Waals surface area contributed by atoms with Crippen molar-refractivity contribution in [3.05, 3.63) is 87.8 Å². The van der Waals surface area contributed by atoms with Crippen LogP contribution in [0.5, 0.6) is 5.75 Å². The Balaban J connectivity index is 1.27. The summed E-state index contributed by atoms with van der Waals surface area (Å²) in [4.78, 5) is 36.5. The molecule has 4 rings (SSSR count). The van der Waals surface area contributed by atoms with Gasteiger partial charge in [0.15, 0.2) is 6.61 Å². The van der Waals surface area contributed by atoms with Gasteiger partial charge in [-0.15, -0.1) is 0 Å². The topological polar surface area (TPSA) is 94.8 Å². The molecular formula is C27H25NO6. The van der Waals surface area contributed by atoms with Gasteiger partial charge in [-0.25, -0.2) is 9.59 Å². The van der Waals surface area contributed by atoms with Crippen molar-refractivity contribution < 1.29 is 23.5 Å². The molecule has 0 aliphatic carbocycles. The van der Waals surface area contributed by atoms with Crippen LogP contribution in [-0.2, 0) is 9.53 Å². The molecule has 0 unspecified atom stereocenters. The van der Waals surface area contributed by atoms with Crippen LogP contribution in [0, 0.1) is 13.8 Å². The Kier molecular flexibility index (Phi) is 6.92. The molecule has 4 aromatic rings. The number of rotatable bonds is 8. The molecule has 3 aromatic carbocycles. The maximum Gasteiger partial charge on any atom is 0.344 e. The van der Waals surface area contributed by atoms with Crippen molar-refractivity contribution in [3.63, 3.8) is 0 Å². The van der Waals surface area contributed by atoms with E-state index >= 15 is 0 Å². The molecule has 7 heteroatoms. The van der Waals surface area contributed by atoms with E-state index in [0.717, 1.165) is 16.3 Å². The summed E-state index contributed by atoms with van der Waals surface area (Å²) >= 11 is 0. The van der Waals surface area contributed by atoms with Gasteiger partial charge in [0.1, 0.15) is 11.3 Å². The molecule has 1 amide bonds. The molecule has 174 valence electrons. The SMILES string of the molecule is Cc1ccc(C(=O)OCCCNC(=O)COc2ccc3c(oc(=O)c4ccccc43)c2C)cc1. The van der Waals surface area contributed by atoms with Crippen molar-refractivity contribution in [1.29, 1.82) is 0 Å². The Morgan fingerprint density at radius 1 is 0.912 bits per heavy atom. The van der Waals surface area contributed by atoms with Gasteiger partial charge in [-0.1, -0.05) is 35.9 Å². The molecule has 34 heavy (non-hydrogen) atoms. The Labute approximate surface area is 196 Å². The van der Waals surface area contributed by atoms with E-state index < -0.39 is 5.63 Å². The predicted octanol–water partition coefficient (Wildman–Crippen LogP) is 4.31. The molecule has 0 bridgehead atoms. The minimum absolute atomic E-state index is 0.187. The summed E-state index contributed by atoms with van der Waals surface area (Å²) in [6.07, 6.45) is 0.483. The maximum atomic E-state index is 12.3. The minimum Gasteiger partial charge on any atom is -0.483 e. The second-order valence-corrected chi connectivity index (χ2v) is 7.99. The third-order valence-electron chi connectivity index (χ3n) is 5.51. The van der Waals surface area contributed by atoms with Crippen molar-refractivity contribution in [2.75, 3.05) is 19.8 Å². The van der Waals surface area contributed by atoms with Gasteiger partial charge in [0.2, 0.25) is 0 Å². The second-order valence-electron chi connectivity index (χ2n) is 7.99. The van der Waals surface area contributed by atoms with Crippen LogP contribution in [0.1, 0.15) is 27.9 Å². The number of ether oxygens (including phenoxy) is 2. The van der Waals surface area contributed by atoms with Crippen LogP contribution in [-0.4, -0.2) is 31.6 Å². The normalized spacial score (nSPS) is 10.9. The predicted molar refractivity (Wildman–Crippen MR) is 129 cm³/mol. The lowest BCUT2D eigenvalue weighted by atomic mass is 10.0. The van der Waals surface area contributed by atoms with Crippen molar-refractivity contribution in [1.82, 2.24) is 5.32 Å². The smallest absolute Gasteiger partial charge is 0.344 e. The summed E-state index contributed by atoms with van der Waals surface area (Å²) < 4.78 is 16.4. The summed E-state index contributed by atoms with van der Waals surface area (Å²) in [6.45, 7) is 4.09. The van der Waals surface area contributed by atoms with Crippen LogP contribution in [0.15, 0.2) is 69.9 Å². The quantitative estimate of drug-likeness (QED) is 0.183. The fourth-order valence-electron chi connectivity index (χ4n) is 3.65. The Morgan fingerprint density at radius 3 is 2.41 bits per heavy atom. The third-order valence-corrected chi connectivity index (χ3v) is 5.51. The molecule has 0 fully saturated rings. The monoisotopic (exact) mass is 459 g/mol. The summed E-state index contributed by atoms with van der Waals surface area (Å²) in [7, 11) is 0. The van der Waals surface area contributed by atoms with E-state index in [0.29, 0.717) is 40.8 Å². The highest BCUT2D eigenvalue weighted by Crippen LogP contribution is 2.30. The van der Waals surface area contributed by atoms with Crippen molar-refractivity contribution in [2.24, 2.45) is 0 Å². The van der Waals surface area contributed by atoms with Crippen molar-refractivity contribution in [2.45, 2.75) is 20.3 Å². The Hall–Kier alpha value is -4.13. The van der Waals surface area contributed by atoms with E-state index in [1.54, 1.807) is 37.3 Å². The number of fused-ring (bicyclic) bond motifs is 3. The van der Waals surface area contributed by atoms with Gasteiger partial charge in [0, 0.05) is 17.5 Å². The Morgan fingerprint density at radius 2 is 1.65 bits per heavy atom. The highest BCUT2D eigenvalue weighted by atomic mass is 16.5. The first-order valence-electron chi connectivity index (χ1n) is 11.0. The number of amides is 1. The summed E-state index contributed by atoms with van der Waals surface area (Å²) in [6, 6.07) is 18.0. The van der Waals surface area contributed by atoms with E-state index in [1.807, 2.05) is 37.3 Å². The number of carbonyl (C=O) groups is 2. The molecule has 0 aliphatic heterocycles. The van der Waals surface area contributed by atoms with E-state index in [1.165, 1.54) is 0 Å². The zero-order valence-electron chi connectivity index (χ0n) is 19.1. The molecule has 0 saturated heterocycles. The molecule has 1 heterocycles. The lowest BCUT2D eigenvalue weighted by Gasteiger charge is -2.12. The summed E-state index contributed by atoms with van der Waals surface area (Å²) in [5, 5.41) is 4.87. The van der Waals surface area contributed by atoms with Gasteiger partial charge in [0.25, 0.3) is 5.91 Å². The van der Waals surface area contributed by atoms with Crippen LogP contribution in [0.3, 0.4) is 0 Å². The first-order valence-corrected chi connectivity index (χ1v) is 11.0. The first kappa shape index (κ1) is 23.0. The zero-order chi connectivity index (χ0) is 24.1. The molecular weight excluding hydrogens is 434 g/mol. The average Bonchev–Trinajstić information content (AvgIpc) is 2.84. The minimum atomic E-state index is -0.413. The largest absolute Gasteiger partial charge is 0.483 e. The second kappa shape index (κ2) is 10.2.